The Morgan fingerprint density at radius 3 is 1.62 bits per heavy atom. The Morgan fingerprint density at radius 2 is 1.13 bits per heavy atom. The van der Waals surface area contributed by atoms with Gasteiger partial charge in [0, 0.05) is 19.4 Å². The van der Waals surface area contributed by atoms with Gasteiger partial charge in [0.15, 0.2) is 5.96 Å². The first-order chi connectivity index (χ1) is 22.0. The van der Waals surface area contributed by atoms with Crippen LogP contribution < -0.4 is 43.8 Å². The maximum absolute atomic E-state index is 13.5. The van der Waals surface area contributed by atoms with E-state index in [2.05, 4.69) is 26.6 Å². The lowest BCUT2D eigenvalue weighted by molar-refractivity contribution is -0.143. The zero-order valence-corrected chi connectivity index (χ0v) is 26.9. The highest BCUT2D eigenvalue weighted by molar-refractivity contribution is 5.95. The average Bonchev–Trinajstić information content (AvgIpc) is 2.97. The second-order valence-corrected chi connectivity index (χ2v) is 11.5. The minimum Gasteiger partial charge on any atom is -0.481 e. The molecule has 0 aromatic rings. The van der Waals surface area contributed by atoms with Crippen molar-refractivity contribution in [3.8, 4) is 0 Å². The number of guanidine groups is 1. The summed E-state index contributed by atoms with van der Waals surface area (Å²) in [6, 6.07) is -6.52. The van der Waals surface area contributed by atoms with Gasteiger partial charge in [0.2, 0.25) is 23.6 Å². The first-order valence-corrected chi connectivity index (χ1v) is 15.4. The normalized spacial score (nSPS) is 14.1. The molecule has 268 valence electrons. The van der Waals surface area contributed by atoms with Gasteiger partial charge in [-0.1, -0.05) is 20.3 Å². The summed E-state index contributed by atoms with van der Waals surface area (Å²) in [6.07, 6.45) is -0.115. The molecular formula is C28H51N9O10. The van der Waals surface area contributed by atoms with Crippen LogP contribution in [-0.4, -0.2) is 106 Å². The van der Waals surface area contributed by atoms with E-state index in [0.29, 0.717) is 19.4 Å². The van der Waals surface area contributed by atoms with Crippen LogP contribution in [0.5, 0.6) is 0 Å². The van der Waals surface area contributed by atoms with E-state index in [-0.39, 0.29) is 50.5 Å². The van der Waals surface area contributed by atoms with Crippen LogP contribution in [0.4, 0.5) is 0 Å². The van der Waals surface area contributed by atoms with Gasteiger partial charge in [-0.15, -0.1) is 0 Å². The van der Waals surface area contributed by atoms with Crippen LogP contribution in [0, 0.1) is 11.3 Å². The molecule has 19 nitrogen and oxygen atoms in total. The molecule has 0 aliphatic rings. The van der Waals surface area contributed by atoms with E-state index in [1.54, 1.807) is 13.8 Å². The zero-order chi connectivity index (χ0) is 36.1. The predicted molar refractivity (Wildman–Crippen MR) is 169 cm³/mol. The maximum atomic E-state index is 13.5. The Balaban J connectivity index is 6.00. The van der Waals surface area contributed by atoms with E-state index in [1.165, 1.54) is 0 Å². The topological polar surface area (TPSA) is 342 Å². The lowest BCUT2D eigenvalue weighted by atomic mass is 10.0. The number of unbranched alkanes of at least 4 members (excludes halogenated alkanes) is 1. The largest absolute Gasteiger partial charge is 0.481 e. The molecule has 0 aromatic carbocycles. The van der Waals surface area contributed by atoms with Gasteiger partial charge in [-0.3, -0.25) is 34.2 Å². The fourth-order valence-corrected chi connectivity index (χ4v) is 4.30. The van der Waals surface area contributed by atoms with Crippen LogP contribution in [0.2, 0.25) is 0 Å². The lowest BCUT2D eigenvalue weighted by Crippen LogP contribution is -2.58. The first-order valence-electron chi connectivity index (χ1n) is 15.4. The van der Waals surface area contributed by atoms with Crippen molar-refractivity contribution in [2.75, 3.05) is 13.1 Å². The number of hydrogen-bond donors (Lipinski definition) is 12. The highest BCUT2D eigenvalue weighted by atomic mass is 16.4. The minimum absolute atomic E-state index is 0.0619. The summed E-state index contributed by atoms with van der Waals surface area (Å²) in [6.45, 7) is 4.05. The molecule has 0 heterocycles. The summed E-state index contributed by atoms with van der Waals surface area (Å²) >= 11 is 0. The van der Waals surface area contributed by atoms with Gasteiger partial charge >= 0.3 is 17.9 Å². The van der Waals surface area contributed by atoms with E-state index >= 15 is 0 Å². The molecule has 0 saturated heterocycles. The molecular weight excluding hydrogens is 622 g/mol. The van der Waals surface area contributed by atoms with Gasteiger partial charge in [0.25, 0.3) is 0 Å². The maximum Gasteiger partial charge on any atom is 0.326 e. The van der Waals surface area contributed by atoms with E-state index in [0.717, 1.165) is 0 Å². The van der Waals surface area contributed by atoms with E-state index < -0.39 is 91.0 Å². The van der Waals surface area contributed by atoms with Gasteiger partial charge in [0.05, 0.1) is 6.04 Å². The van der Waals surface area contributed by atoms with Crippen LogP contribution in [-0.2, 0) is 33.6 Å². The van der Waals surface area contributed by atoms with Gasteiger partial charge in [-0.05, 0) is 57.4 Å². The van der Waals surface area contributed by atoms with Crippen LogP contribution in [0.15, 0.2) is 0 Å². The molecule has 0 aliphatic carbocycles. The second kappa shape index (κ2) is 22.9. The van der Waals surface area contributed by atoms with Crippen molar-refractivity contribution in [3.63, 3.8) is 0 Å². The fraction of sp³-hybridized carbons (Fsp3) is 0.714. The van der Waals surface area contributed by atoms with Crippen molar-refractivity contribution >= 4 is 47.5 Å². The summed E-state index contributed by atoms with van der Waals surface area (Å²) in [7, 11) is 0. The Kier molecular flexibility index (Phi) is 20.7. The third kappa shape index (κ3) is 19.6. The van der Waals surface area contributed by atoms with Crippen LogP contribution in [0.1, 0.15) is 78.1 Å². The molecule has 4 amide bonds. The summed E-state index contributed by atoms with van der Waals surface area (Å²) in [5, 5.41) is 47.1. The third-order valence-electron chi connectivity index (χ3n) is 6.81. The number of nitrogens with one attached hydrogen (secondary N) is 6. The molecule has 0 saturated carbocycles. The molecule has 15 N–H and O–H groups in total. The van der Waals surface area contributed by atoms with Gasteiger partial charge in [-0.2, -0.15) is 0 Å². The zero-order valence-electron chi connectivity index (χ0n) is 26.9. The lowest BCUT2D eigenvalue weighted by Gasteiger charge is -2.27. The number of carboxylic acid groups (broad SMARTS) is 3. The molecule has 19 heteroatoms. The molecule has 47 heavy (non-hydrogen) atoms. The van der Waals surface area contributed by atoms with E-state index in [1.807, 2.05) is 0 Å². The monoisotopic (exact) mass is 673 g/mol. The summed E-state index contributed by atoms with van der Waals surface area (Å²) in [5.74, 6) is -7.80. The number of carbonyl (C=O) groups excluding carboxylic acids is 4. The Bertz CT molecular complexity index is 1090. The predicted octanol–water partition coefficient (Wildman–Crippen LogP) is -2.49. The Morgan fingerprint density at radius 1 is 0.660 bits per heavy atom. The molecule has 0 rings (SSSR count). The number of aliphatic carboxylic acids is 3. The number of carbonyl (C=O) groups is 7. The summed E-state index contributed by atoms with van der Waals surface area (Å²) < 4.78 is 0. The first kappa shape index (κ1) is 42.5. The SMILES string of the molecule is CC(C)C[C@H](NC(=O)[C@H](CCC(=O)O)NC(=O)[C@@H](N)CCCCN)C(=O)N[C@@H](CCCNC(=N)N)C(=O)N[C@@H](CCC(=O)O)C(=O)O. The van der Waals surface area contributed by atoms with Crippen LogP contribution in [0.25, 0.3) is 0 Å². The smallest absolute Gasteiger partial charge is 0.326 e. The van der Waals surface area contributed by atoms with Crippen LogP contribution in [0.3, 0.4) is 0 Å². The molecule has 0 aliphatic heterocycles. The summed E-state index contributed by atoms with van der Waals surface area (Å²) in [4.78, 5) is 86.5. The van der Waals surface area contributed by atoms with Crippen molar-refractivity contribution in [3.05, 3.63) is 0 Å². The molecule has 5 atom stereocenters. The molecule has 0 unspecified atom stereocenters. The summed E-state index contributed by atoms with van der Waals surface area (Å²) in [5.41, 5.74) is 16.7. The van der Waals surface area contributed by atoms with Crippen molar-refractivity contribution in [1.82, 2.24) is 26.6 Å². The van der Waals surface area contributed by atoms with Crippen molar-refractivity contribution in [2.45, 2.75) is 108 Å². The molecule has 0 fully saturated rings. The number of hydrogen-bond acceptors (Lipinski definition) is 10. The number of carboxylic acids is 3. The molecule has 0 spiro atoms. The van der Waals surface area contributed by atoms with Gasteiger partial charge in [-0.25, -0.2) is 4.79 Å². The van der Waals surface area contributed by atoms with Crippen molar-refractivity contribution in [2.24, 2.45) is 23.1 Å². The van der Waals surface area contributed by atoms with Gasteiger partial charge < -0.3 is 59.1 Å². The second-order valence-electron chi connectivity index (χ2n) is 11.5. The highest BCUT2D eigenvalue weighted by Crippen LogP contribution is 2.10. The number of nitrogens with two attached hydrogens (primary N) is 3. The quantitative estimate of drug-likeness (QED) is 0.0271. The number of rotatable bonds is 25. The standard InChI is InChI=1S/C28H51N9O10/c1-15(2)14-20(37-25(44)18(8-10-21(38)39)34-23(42)16(30)6-3-4-12-29)26(45)35-17(7-5-13-33-28(31)32)24(43)36-19(27(46)47)9-11-22(40)41/h15-20H,3-14,29-30H2,1-2H3,(H,34,42)(H,35,45)(H,36,43)(H,37,44)(H,38,39)(H,40,41)(H,46,47)(H4,31,32,33)/t16-,17-,18-,19-,20-/m0/s1. The Labute approximate surface area is 273 Å². The molecule has 0 radical (unpaired) electrons. The van der Waals surface area contributed by atoms with Crippen molar-refractivity contribution < 1.29 is 48.9 Å². The molecule has 0 bridgehead atoms. The minimum atomic E-state index is -1.57. The molecule has 0 aromatic heterocycles. The van der Waals surface area contributed by atoms with Crippen molar-refractivity contribution in [1.29, 1.82) is 5.41 Å². The highest BCUT2D eigenvalue weighted by Gasteiger charge is 2.32. The van der Waals surface area contributed by atoms with Gasteiger partial charge in [0.1, 0.15) is 24.2 Å². The van der Waals surface area contributed by atoms with E-state index in [4.69, 9.17) is 27.7 Å². The fourth-order valence-electron chi connectivity index (χ4n) is 4.30. The third-order valence-corrected chi connectivity index (χ3v) is 6.81. The average molecular weight is 674 g/mol. The van der Waals surface area contributed by atoms with Crippen LogP contribution >= 0.6 is 0 Å². The Hall–Kier alpha value is -4.52. The van der Waals surface area contributed by atoms with E-state index in [9.17, 15) is 43.8 Å². The number of amides is 4.